The van der Waals surface area contributed by atoms with Crippen LogP contribution >= 0.6 is 0 Å². The van der Waals surface area contributed by atoms with E-state index >= 15 is 0 Å². The molecule has 0 radical (unpaired) electrons. The van der Waals surface area contributed by atoms with Crippen molar-refractivity contribution in [3.8, 4) is 0 Å². The molecule has 1 rings (SSSR count). The van der Waals surface area contributed by atoms with E-state index in [2.05, 4.69) is 11.3 Å². The van der Waals surface area contributed by atoms with Crippen LogP contribution in [0, 0.1) is 0 Å². The number of esters is 1. The summed E-state index contributed by atoms with van der Waals surface area (Å²) in [6.07, 6.45) is -9.41. The molecule has 0 aromatic heterocycles. The molecule has 0 amide bonds. The van der Waals surface area contributed by atoms with E-state index in [-0.39, 0.29) is 0 Å². The molecule has 1 saturated heterocycles. The van der Waals surface area contributed by atoms with Crippen LogP contribution in [0.4, 0.5) is 0 Å². The van der Waals surface area contributed by atoms with Gasteiger partial charge in [0, 0.05) is 0 Å². The van der Waals surface area contributed by atoms with Crippen LogP contribution in [-0.2, 0) is 14.3 Å². The van der Waals surface area contributed by atoms with Crippen molar-refractivity contribution >= 4 is 5.97 Å². The Labute approximate surface area is 114 Å². The van der Waals surface area contributed by atoms with Gasteiger partial charge < -0.3 is 40.1 Å². The Morgan fingerprint density at radius 3 is 2.30 bits per heavy atom. The first-order valence-electron chi connectivity index (χ1n) is 5.82. The largest absolute Gasteiger partial charge is 0.429 e. The summed E-state index contributed by atoms with van der Waals surface area (Å²) in [6.45, 7) is 1.79. The SMILES string of the molecule is C=C(C(=O)O[C@@H]1O[C@H](CO)[C@@H](O)[C@H](O)[C@H]1O)[C@@H](O)CO. The number of carbonyl (C=O) groups excluding carboxylic acids is 1. The lowest BCUT2D eigenvalue weighted by atomic mass is 9.99. The van der Waals surface area contributed by atoms with Gasteiger partial charge in [0.15, 0.2) is 0 Å². The fourth-order valence-corrected chi connectivity index (χ4v) is 1.59. The second kappa shape index (κ2) is 7.09. The van der Waals surface area contributed by atoms with Crippen molar-refractivity contribution in [2.45, 2.75) is 36.8 Å². The van der Waals surface area contributed by atoms with Crippen molar-refractivity contribution in [2.24, 2.45) is 0 Å². The predicted octanol–water partition coefficient (Wildman–Crippen LogP) is -3.76. The molecule has 0 spiro atoms. The second-order valence-electron chi connectivity index (χ2n) is 4.33. The third kappa shape index (κ3) is 3.52. The Morgan fingerprint density at radius 2 is 1.80 bits per heavy atom. The predicted molar refractivity (Wildman–Crippen MR) is 62.1 cm³/mol. The first-order valence-corrected chi connectivity index (χ1v) is 5.82. The number of hydrogen-bond donors (Lipinski definition) is 6. The van der Waals surface area contributed by atoms with Crippen LogP contribution in [0.3, 0.4) is 0 Å². The third-order valence-corrected chi connectivity index (χ3v) is 2.91. The lowest BCUT2D eigenvalue weighted by Gasteiger charge is -2.39. The first-order chi connectivity index (χ1) is 9.33. The first kappa shape index (κ1) is 17.0. The Balaban J connectivity index is 2.71. The minimum atomic E-state index is -1.74. The molecule has 0 aliphatic carbocycles. The average Bonchev–Trinajstić information content (AvgIpc) is 2.45. The highest BCUT2D eigenvalue weighted by atomic mass is 16.7. The molecule has 0 unspecified atom stereocenters. The third-order valence-electron chi connectivity index (χ3n) is 2.91. The van der Waals surface area contributed by atoms with Crippen molar-refractivity contribution in [3.05, 3.63) is 12.2 Å². The van der Waals surface area contributed by atoms with Gasteiger partial charge in [-0.05, 0) is 0 Å². The van der Waals surface area contributed by atoms with E-state index in [1.807, 2.05) is 0 Å². The number of hydrogen-bond acceptors (Lipinski definition) is 9. The van der Waals surface area contributed by atoms with Gasteiger partial charge in [0.25, 0.3) is 0 Å². The molecule has 9 nitrogen and oxygen atoms in total. The molecule has 1 heterocycles. The molecule has 20 heavy (non-hydrogen) atoms. The van der Waals surface area contributed by atoms with Gasteiger partial charge in [0.05, 0.1) is 18.8 Å². The van der Waals surface area contributed by atoms with Gasteiger partial charge in [-0.15, -0.1) is 0 Å². The molecular weight excluding hydrogens is 276 g/mol. The number of ether oxygens (including phenoxy) is 2. The zero-order valence-electron chi connectivity index (χ0n) is 10.5. The van der Waals surface area contributed by atoms with Crippen LogP contribution in [0.2, 0.25) is 0 Å². The monoisotopic (exact) mass is 294 g/mol. The van der Waals surface area contributed by atoms with Crippen LogP contribution in [0.15, 0.2) is 12.2 Å². The average molecular weight is 294 g/mol. The van der Waals surface area contributed by atoms with E-state index in [1.165, 1.54) is 0 Å². The molecule has 9 heteroatoms. The molecule has 0 aromatic carbocycles. The molecule has 1 aliphatic rings. The summed E-state index contributed by atoms with van der Waals surface area (Å²) in [5.74, 6) is -1.16. The molecule has 6 atom stereocenters. The smallest absolute Gasteiger partial charge is 0.338 e. The minimum absolute atomic E-state index is 0.468. The highest BCUT2D eigenvalue weighted by Gasteiger charge is 2.45. The summed E-state index contributed by atoms with van der Waals surface area (Å²) in [5.41, 5.74) is -0.468. The normalized spacial score (nSPS) is 35.4. The maximum absolute atomic E-state index is 11.5. The van der Waals surface area contributed by atoms with E-state index in [0.29, 0.717) is 0 Å². The Kier molecular flexibility index (Phi) is 6.02. The molecule has 116 valence electrons. The van der Waals surface area contributed by atoms with Crippen LogP contribution in [-0.4, -0.2) is 86.6 Å². The van der Waals surface area contributed by atoms with E-state index in [0.717, 1.165) is 0 Å². The Bertz CT molecular complexity index is 356. The van der Waals surface area contributed by atoms with Gasteiger partial charge >= 0.3 is 5.97 Å². The van der Waals surface area contributed by atoms with E-state index in [4.69, 9.17) is 14.9 Å². The Hall–Kier alpha value is -1.07. The van der Waals surface area contributed by atoms with Gasteiger partial charge in [-0.25, -0.2) is 4.79 Å². The summed E-state index contributed by atoms with van der Waals surface area (Å²) in [4.78, 5) is 11.5. The number of carbonyl (C=O) groups is 1. The van der Waals surface area contributed by atoms with Crippen molar-refractivity contribution in [3.63, 3.8) is 0 Å². The van der Waals surface area contributed by atoms with Crippen molar-refractivity contribution in [1.29, 1.82) is 0 Å². The van der Waals surface area contributed by atoms with Gasteiger partial charge in [0.2, 0.25) is 6.29 Å². The van der Waals surface area contributed by atoms with Gasteiger partial charge in [-0.1, -0.05) is 6.58 Å². The summed E-state index contributed by atoms with van der Waals surface area (Å²) in [7, 11) is 0. The second-order valence-corrected chi connectivity index (χ2v) is 4.33. The molecular formula is C11H18O9. The van der Waals surface area contributed by atoms with Crippen molar-refractivity contribution < 1.29 is 44.9 Å². The number of aliphatic hydroxyl groups excluding tert-OH is 6. The minimum Gasteiger partial charge on any atom is -0.429 e. The van der Waals surface area contributed by atoms with Crippen molar-refractivity contribution in [1.82, 2.24) is 0 Å². The van der Waals surface area contributed by atoms with Crippen LogP contribution in [0.5, 0.6) is 0 Å². The lowest BCUT2D eigenvalue weighted by Crippen LogP contribution is -2.59. The maximum atomic E-state index is 11.5. The Morgan fingerprint density at radius 1 is 1.20 bits per heavy atom. The molecule has 1 aliphatic heterocycles. The van der Waals surface area contributed by atoms with Crippen LogP contribution in [0.1, 0.15) is 0 Å². The lowest BCUT2D eigenvalue weighted by molar-refractivity contribution is -0.291. The quantitative estimate of drug-likeness (QED) is 0.221. The van der Waals surface area contributed by atoms with Crippen molar-refractivity contribution in [2.75, 3.05) is 13.2 Å². The van der Waals surface area contributed by atoms with E-state index in [1.54, 1.807) is 0 Å². The summed E-state index contributed by atoms with van der Waals surface area (Å²) < 4.78 is 9.60. The molecule has 0 bridgehead atoms. The number of rotatable bonds is 5. The summed E-state index contributed by atoms with van der Waals surface area (Å²) in [6, 6.07) is 0. The van der Waals surface area contributed by atoms with Gasteiger partial charge in [0.1, 0.15) is 30.5 Å². The van der Waals surface area contributed by atoms with E-state index < -0.39 is 61.6 Å². The number of aliphatic hydroxyl groups is 6. The topological polar surface area (TPSA) is 157 Å². The van der Waals surface area contributed by atoms with Gasteiger partial charge in [-0.3, -0.25) is 0 Å². The highest BCUT2D eigenvalue weighted by molar-refractivity contribution is 5.88. The zero-order valence-corrected chi connectivity index (χ0v) is 10.5. The van der Waals surface area contributed by atoms with Crippen LogP contribution in [0.25, 0.3) is 0 Å². The molecule has 0 saturated carbocycles. The zero-order chi connectivity index (χ0) is 15.4. The summed E-state index contributed by atoms with van der Waals surface area (Å²) >= 11 is 0. The summed E-state index contributed by atoms with van der Waals surface area (Å²) in [5, 5.41) is 55.4. The van der Waals surface area contributed by atoms with Crippen LogP contribution < -0.4 is 0 Å². The van der Waals surface area contributed by atoms with Gasteiger partial charge in [-0.2, -0.15) is 0 Å². The fraction of sp³-hybridized carbons (Fsp3) is 0.727. The fourth-order valence-electron chi connectivity index (χ4n) is 1.59. The standard InChI is InChI=1S/C11H18O9/c1-4(5(14)2-12)10(18)20-11-9(17)8(16)7(15)6(3-13)19-11/h5-9,11-17H,1-3H2/t5-,6+,7+,8-,9+,11-/m0/s1. The molecule has 6 N–H and O–H groups in total. The van der Waals surface area contributed by atoms with E-state index in [9.17, 15) is 25.2 Å². The molecule has 0 aromatic rings. The molecule has 1 fully saturated rings. The maximum Gasteiger partial charge on any atom is 0.338 e. The highest BCUT2D eigenvalue weighted by Crippen LogP contribution is 2.22.